The maximum Gasteiger partial charge on any atom is 0.312 e. The Balaban J connectivity index is 1.60. The molecule has 36 heavy (non-hydrogen) atoms. The van der Waals surface area contributed by atoms with Gasteiger partial charge in [-0.25, -0.2) is 0 Å². The lowest BCUT2D eigenvalue weighted by atomic mass is 9.87. The van der Waals surface area contributed by atoms with Crippen molar-refractivity contribution in [2.75, 3.05) is 21.3 Å². The molecule has 186 valence electrons. The van der Waals surface area contributed by atoms with Gasteiger partial charge in [-0.1, -0.05) is 0 Å². The zero-order valence-electron chi connectivity index (χ0n) is 20.7. The van der Waals surface area contributed by atoms with Crippen LogP contribution in [-0.2, 0) is 4.79 Å². The molecule has 0 radical (unpaired) electrons. The third-order valence-electron chi connectivity index (χ3n) is 6.31. The van der Waals surface area contributed by atoms with E-state index in [0.29, 0.717) is 45.4 Å². The highest BCUT2D eigenvalue weighted by atomic mass is 16.5. The molecule has 1 atom stereocenters. The molecule has 0 N–H and O–H groups in total. The van der Waals surface area contributed by atoms with Gasteiger partial charge in [0.15, 0.2) is 17.3 Å². The lowest BCUT2D eigenvalue weighted by Crippen LogP contribution is -2.24. The molecule has 0 aliphatic carbocycles. The van der Waals surface area contributed by atoms with Gasteiger partial charge in [0, 0.05) is 29.4 Å². The van der Waals surface area contributed by atoms with E-state index in [0.717, 1.165) is 5.69 Å². The topological polar surface area (TPSA) is 98.1 Å². The van der Waals surface area contributed by atoms with Crippen LogP contribution in [0.3, 0.4) is 0 Å². The number of carbonyl (C=O) groups is 2. The Morgan fingerprint density at radius 1 is 1.03 bits per heavy atom. The van der Waals surface area contributed by atoms with E-state index in [9.17, 15) is 9.59 Å². The van der Waals surface area contributed by atoms with Gasteiger partial charge in [-0.05, 0) is 55.8 Å². The van der Waals surface area contributed by atoms with Crippen LogP contribution >= 0.6 is 0 Å². The number of methoxy groups -OCH3 is 3. The van der Waals surface area contributed by atoms with Crippen molar-refractivity contribution in [3.8, 4) is 28.7 Å². The summed E-state index contributed by atoms with van der Waals surface area (Å²) in [7, 11) is 4.57. The first-order valence-electron chi connectivity index (χ1n) is 11.5. The number of ether oxygens (including phenoxy) is 5. The summed E-state index contributed by atoms with van der Waals surface area (Å²) in [4.78, 5) is 25.8. The molecule has 0 spiro atoms. The van der Waals surface area contributed by atoms with E-state index in [2.05, 4.69) is 5.10 Å². The fraction of sp³-hybridized carbons (Fsp3) is 0.296. The lowest BCUT2D eigenvalue weighted by Gasteiger charge is -2.27. The van der Waals surface area contributed by atoms with Gasteiger partial charge in [-0.3, -0.25) is 14.3 Å². The van der Waals surface area contributed by atoms with Gasteiger partial charge >= 0.3 is 5.97 Å². The monoisotopic (exact) mass is 490 g/mol. The van der Waals surface area contributed by atoms with Crippen LogP contribution in [0.1, 0.15) is 59.4 Å². The van der Waals surface area contributed by atoms with Crippen LogP contribution in [0.2, 0.25) is 0 Å². The summed E-state index contributed by atoms with van der Waals surface area (Å²) in [6.07, 6.45) is 3.45. The number of benzene rings is 2. The third-order valence-corrected chi connectivity index (χ3v) is 6.31. The first kappa shape index (κ1) is 23.5. The van der Waals surface area contributed by atoms with Crippen LogP contribution < -0.4 is 23.7 Å². The molecule has 9 nitrogen and oxygen atoms in total. The van der Waals surface area contributed by atoms with E-state index in [1.54, 1.807) is 36.5 Å². The molecule has 2 aliphatic rings. The number of fused-ring (bicyclic) bond motifs is 3. The highest BCUT2D eigenvalue weighted by Gasteiger charge is 2.39. The molecule has 2 aliphatic heterocycles. The quantitative estimate of drug-likeness (QED) is 0.282. The number of nitrogens with zero attached hydrogens (tertiary/aromatic N) is 2. The third kappa shape index (κ3) is 3.77. The summed E-state index contributed by atoms with van der Waals surface area (Å²) < 4.78 is 29.8. The molecule has 0 fully saturated rings. The molecule has 0 saturated heterocycles. The van der Waals surface area contributed by atoms with Crippen LogP contribution in [0.4, 0.5) is 0 Å². The second kappa shape index (κ2) is 9.07. The number of carbonyl (C=O) groups excluding carboxylic acids is 2. The number of allylic oxidation sites excluding steroid dienone is 1. The molecule has 3 aromatic rings. The van der Waals surface area contributed by atoms with Crippen molar-refractivity contribution in [2.45, 2.75) is 32.2 Å². The van der Waals surface area contributed by atoms with Crippen LogP contribution in [0.25, 0.3) is 6.08 Å². The Morgan fingerprint density at radius 2 is 1.75 bits per heavy atom. The van der Waals surface area contributed by atoms with E-state index < -0.39 is 0 Å². The Kier molecular flexibility index (Phi) is 5.91. The highest BCUT2D eigenvalue weighted by molar-refractivity contribution is 6.15. The van der Waals surface area contributed by atoms with Crippen LogP contribution in [0.15, 0.2) is 42.3 Å². The Bertz CT molecular complexity index is 1380. The van der Waals surface area contributed by atoms with Crippen molar-refractivity contribution in [2.24, 2.45) is 0 Å². The zero-order chi connectivity index (χ0) is 25.6. The molecule has 0 amide bonds. The predicted molar refractivity (Wildman–Crippen MR) is 130 cm³/mol. The van der Waals surface area contributed by atoms with Crippen molar-refractivity contribution >= 4 is 17.8 Å². The SMILES string of the molecule is COc1cc(/C=C2\Oc3c(ccc4c3[C@@H](c3ccnn3C(C)C)CC(=O)O4)C2=O)cc(OC)c1OC. The van der Waals surface area contributed by atoms with E-state index >= 15 is 0 Å². The molecule has 0 unspecified atom stereocenters. The van der Waals surface area contributed by atoms with E-state index in [-0.39, 0.29) is 35.9 Å². The smallest absolute Gasteiger partial charge is 0.312 e. The Morgan fingerprint density at radius 3 is 2.39 bits per heavy atom. The number of hydrogen-bond donors (Lipinski definition) is 0. The minimum atomic E-state index is -0.366. The van der Waals surface area contributed by atoms with Crippen LogP contribution in [0.5, 0.6) is 28.7 Å². The van der Waals surface area contributed by atoms with Gasteiger partial charge in [-0.2, -0.15) is 5.10 Å². The standard InChI is InChI=1S/C27H26N2O7/c1-14(2)29-18(8-9-28-29)17-13-23(30)35-19-7-6-16-25(31)20(36-26(16)24(17)19)10-15-11-21(32-3)27(34-5)22(12-15)33-4/h6-12,14,17H,13H2,1-5H3/b20-10-/t17-/m1/s1. The number of esters is 1. The van der Waals surface area contributed by atoms with Crippen molar-refractivity contribution in [3.05, 3.63) is 64.7 Å². The van der Waals surface area contributed by atoms with Gasteiger partial charge in [-0.15, -0.1) is 0 Å². The van der Waals surface area contributed by atoms with Crippen molar-refractivity contribution in [1.82, 2.24) is 9.78 Å². The second-order valence-electron chi connectivity index (χ2n) is 8.78. The Labute approximate surface area is 208 Å². The summed E-state index contributed by atoms with van der Waals surface area (Å²) in [5.74, 6) is 1.30. The summed E-state index contributed by atoms with van der Waals surface area (Å²) >= 11 is 0. The number of hydrogen-bond acceptors (Lipinski definition) is 8. The summed E-state index contributed by atoms with van der Waals surface area (Å²) in [6.45, 7) is 4.04. The van der Waals surface area contributed by atoms with Crippen LogP contribution in [-0.4, -0.2) is 42.9 Å². The fourth-order valence-electron chi connectivity index (χ4n) is 4.73. The average Bonchev–Trinajstić information content (AvgIpc) is 3.48. The zero-order valence-corrected chi connectivity index (χ0v) is 20.7. The number of ketones is 1. The molecule has 5 rings (SSSR count). The number of aromatic nitrogens is 2. The van der Waals surface area contributed by atoms with Crippen LogP contribution in [0, 0.1) is 0 Å². The lowest BCUT2D eigenvalue weighted by molar-refractivity contribution is -0.135. The van der Waals surface area contributed by atoms with Crippen molar-refractivity contribution < 1.29 is 33.3 Å². The molecule has 9 heteroatoms. The molecular formula is C27H26N2O7. The molecule has 0 saturated carbocycles. The first-order valence-corrected chi connectivity index (χ1v) is 11.5. The summed E-state index contributed by atoms with van der Waals surface area (Å²) in [5.41, 5.74) is 2.56. The molecule has 2 aromatic carbocycles. The van der Waals surface area contributed by atoms with Gasteiger partial charge in [0.2, 0.25) is 11.5 Å². The second-order valence-corrected chi connectivity index (χ2v) is 8.78. The minimum Gasteiger partial charge on any atom is -0.493 e. The maximum atomic E-state index is 13.3. The van der Waals surface area contributed by atoms with Gasteiger partial charge in [0.1, 0.15) is 11.5 Å². The molecule has 0 bridgehead atoms. The average molecular weight is 491 g/mol. The predicted octanol–water partition coefficient (Wildman–Crippen LogP) is 4.55. The van der Waals surface area contributed by atoms with Gasteiger partial charge in [0.05, 0.1) is 33.3 Å². The summed E-state index contributed by atoms with van der Waals surface area (Å²) in [5, 5.41) is 4.43. The molecule has 1 aromatic heterocycles. The van der Waals surface area contributed by atoms with Gasteiger partial charge in [0.25, 0.3) is 0 Å². The normalized spacial score (nSPS) is 17.5. The fourth-order valence-corrected chi connectivity index (χ4v) is 4.73. The number of Topliss-reactive ketones (excluding diaryl/α,β-unsaturated/α-hetero) is 1. The summed E-state index contributed by atoms with van der Waals surface area (Å²) in [6, 6.07) is 8.71. The minimum absolute atomic E-state index is 0.0891. The first-order chi connectivity index (χ1) is 17.4. The maximum absolute atomic E-state index is 13.3. The van der Waals surface area contributed by atoms with Crippen molar-refractivity contribution in [3.63, 3.8) is 0 Å². The van der Waals surface area contributed by atoms with Gasteiger partial charge < -0.3 is 23.7 Å². The Hall–Kier alpha value is -4.27. The highest BCUT2D eigenvalue weighted by Crippen LogP contribution is 2.49. The largest absolute Gasteiger partial charge is 0.493 e. The van der Waals surface area contributed by atoms with E-state index in [1.165, 1.54) is 21.3 Å². The van der Waals surface area contributed by atoms with E-state index in [4.69, 9.17) is 23.7 Å². The molecule has 3 heterocycles. The van der Waals surface area contributed by atoms with E-state index in [1.807, 2.05) is 24.6 Å². The molecular weight excluding hydrogens is 464 g/mol. The number of rotatable bonds is 6. The van der Waals surface area contributed by atoms with Crippen molar-refractivity contribution in [1.29, 1.82) is 0 Å².